The summed E-state index contributed by atoms with van der Waals surface area (Å²) < 4.78 is 23.1. The zero-order chi connectivity index (χ0) is 15.8. The fourth-order valence-corrected chi connectivity index (χ4v) is 2.89. The summed E-state index contributed by atoms with van der Waals surface area (Å²) >= 11 is 0. The molecule has 0 aliphatic carbocycles. The number of carboxylic acid groups (broad SMARTS) is 1. The number of sulfone groups is 1. The Kier molecular flexibility index (Phi) is 4.04. The van der Waals surface area contributed by atoms with Crippen molar-refractivity contribution in [2.75, 3.05) is 6.26 Å². The molecule has 1 unspecified atom stereocenters. The van der Waals surface area contributed by atoms with E-state index in [2.05, 4.69) is 0 Å². The molecule has 0 fully saturated rings. The molecule has 0 saturated carbocycles. The van der Waals surface area contributed by atoms with Crippen molar-refractivity contribution in [3.63, 3.8) is 0 Å². The summed E-state index contributed by atoms with van der Waals surface area (Å²) in [6.45, 7) is 1.41. The number of aliphatic carboxylic acids is 1. The molecule has 2 atom stereocenters. The third kappa shape index (κ3) is 3.07. The highest BCUT2D eigenvalue weighted by Crippen LogP contribution is 2.25. The van der Waals surface area contributed by atoms with Crippen molar-refractivity contribution in [2.45, 2.75) is 31.2 Å². The summed E-state index contributed by atoms with van der Waals surface area (Å²) in [5.74, 6) is -1.79. The molecule has 7 heteroatoms. The maximum atomic E-state index is 12.4. The zero-order valence-corrected chi connectivity index (χ0v) is 12.6. The molecule has 1 aliphatic rings. The Hall–Kier alpha value is -1.89. The van der Waals surface area contributed by atoms with Gasteiger partial charge in [0, 0.05) is 19.2 Å². The summed E-state index contributed by atoms with van der Waals surface area (Å²) in [5.41, 5.74) is 1.73. The summed E-state index contributed by atoms with van der Waals surface area (Å²) in [5, 5.41) is 8.08. The van der Waals surface area contributed by atoms with Crippen LogP contribution in [0.1, 0.15) is 18.1 Å². The number of benzene rings is 1. The normalized spacial score (nSPS) is 19.7. The van der Waals surface area contributed by atoms with E-state index in [0.29, 0.717) is 0 Å². The molecular weight excluding hydrogens is 294 g/mol. The lowest BCUT2D eigenvalue weighted by atomic mass is 9.94. The van der Waals surface area contributed by atoms with Gasteiger partial charge in [-0.3, -0.25) is 4.79 Å². The first kappa shape index (κ1) is 15.5. The summed E-state index contributed by atoms with van der Waals surface area (Å²) in [6, 6.07) is 6.24. The molecule has 0 radical (unpaired) electrons. The molecular formula is C14H17NO5S. The highest BCUT2D eigenvalue weighted by molar-refractivity contribution is 7.92. The van der Waals surface area contributed by atoms with Gasteiger partial charge in [-0.2, -0.15) is 0 Å². The first-order chi connectivity index (χ1) is 9.71. The van der Waals surface area contributed by atoms with Gasteiger partial charge in [-0.1, -0.05) is 24.3 Å². The average molecular weight is 311 g/mol. The number of hydrogen-bond donors (Lipinski definition) is 1. The second-order valence-electron chi connectivity index (χ2n) is 5.26. The molecule has 114 valence electrons. The maximum Gasteiger partial charge on any atom is 0.326 e. The summed E-state index contributed by atoms with van der Waals surface area (Å²) in [4.78, 5) is 24.9. The number of fused-ring (bicyclic) bond motifs is 1. The molecule has 2 rings (SSSR count). The van der Waals surface area contributed by atoms with Crippen LogP contribution < -0.4 is 0 Å². The van der Waals surface area contributed by atoms with E-state index in [-0.39, 0.29) is 13.0 Å². The van der Waals surface area contributed by atoms with Crippen LogP contribution in [-0.4, -0.2) is 47.8 Å². The molecule has 21 heavy (non-hydrogen) atoms. The minimum Gasteiger partial charge on any atom is -0.480 e. The van der Waals surface area contributed by atoms with Crippen LogP contribution in [0.4, 0.5) is 0 Å². The first-order valence-corrected chi connectivity index (χ1v) is 8.46. The van der Waals surface area contributed by atoms with Gasteiger partial charge in [-0.15, -0.1) is 0 Å². The number of amides is 1. The van der Waals surface area contributed by atoms with Crippen molar-refractivity contribution in [1.29, 1.82) is 0 Å². The predicted molar refractivity (Wildman–Crippen MR) is 76.4 cm³/mol. The Morgan fingerprint density at radius 1 is 1.29 bits per heavy atom. The van der Waals surface area contributed by atoms with E-state index in [0.717, 1.165) is 22.3 Å². The lowest BCUT2D eigenvalue weighted by Crippen LogP contribution is -2.52. The van der Waals surface area contributed by atoms with Crippen LogP contribution in [0, 0.1) is 0 Å². The van der Waals surface area contributed by atoms with Crippen LogP contribution in [0.5, 0.6) is 0 Å². The van der Waals surface area contributed by atoms with E-state index in [1.54, 1.807) is 0 Å². The Labute approximate surface area is 123 Å². The minimum atomic E-state index is -3.56. The number of carbonyl (C=O) groups excluding carboxylic acids is 1. The molecule has 0 aromatic heterocycles. The van der Waals surface area contributed by atoms with Crippen molar-refractivity contribution in [1.82, 2.24) is 4.90 Å². The number of nitrogens with zero attached hydrogens (tertiary/aromatic N) is 1. The van der Waals surface area contributed by atoms with Crippen molar-refractivity contribution in [3.8, 4) is 0 Å². The first-order valence-electron chi connectivity index (χ1n) is 6.50. The topological polar surface area (TPSA) is 91.8 Å². The van der Waals surface area contributed by atoms with Crippen LogP contribution in [0.15, 0.2) is 24.3 Å². The largest absolute Gasteiger partial charge is 0.480 e. The van der Waals surface area contributed by atoms with Gasteiger partial charge in [-0.05, 0) is 18.1 Å². The smallest absolute Gasteiger partial charge is 0.326 e. The van der Waals surface area contributed by atoms with E-state index in [9.17, 15) is 23.1 Å². The van der Waals surface area contributed by atoms with Gasteiger partial charge in [0.05, 0.1) is 0 Å². The Bertz CT molecular complexity index is 682. The van der Waals surface area contributed by atoms with Gasteiger partial charge in [-0.25, -0.2) is 13.2 Å². The van der Waals surface area contributed by atoms with Crippen LogP contribution in [-0.2, 0) is 32.4 Å². The van der Waals surface area contributed by atoms with Gasteiger partial charge in [0.2, 0.25) is 5.91 Å². The quantitative estimate of drug-likeness (QED) is 0.875. The Morgan fingerprint density at radius 2 is 1.86 bits per heavy atom. The molecule has 0 saturated heterocycles. The van der Waals surface area contributed by atoms with E-state index in [4.69, 9.17) is 0 Å². The number of hydrogen-bond acceptors (Lipinski definition) is 4. The molecule has 1 heterocycles. The summed E-state index contributed by atoms with van der Waals surface area (Å²) in [6.07, 6.45) is 1.16. The Balaban J connectivity index is 2.37. The van der Waals surface area contributed by atoms with Crippen molar-refractivity contribution in [2.24, 2.45) is 0 Å². The van der Waals surface area contributed by atoms with Crippen LogP contribution >= 0.6 is 0 Å². The minimum absolute atomic E-state index is 0.117. The van der Waals surface area contributed by atoms with Crippen molar-refractivity contribution in [3.05, 3.63) is 35.4 Å². The van der Waals surface area contributed by atoms with Crippen molar-refractivity contribution >= 4 is 21.7 Å². The molecule has 1 aliphatic heterocycles. The fraction of sp³-hybridized carbons (Fsp3) is 0.429. The van der Waals surface area contributed by atoms with Crippen molar-refractivity contribution < 1.29 is 23.1 Å². The predicted octanol–water partition coefficient (Wildman–Crippen LogP) is 0.458. The van der Waals surface area contributed by atoms with Gasteiger partial charge >= 0.3 is 5.97 Å². The van der Waals surface area contributed by atoms with E-state index in [1.807, 2.05) is 24.3 Å². The lowest BCUT2D eigenvalue weighted by Gasteiger charge is -2.35. The van der Waals surface area contributed by atoms with Crippen LogP contribution in [0.2, 0.25) is 0 Å². The average Bonchev–Trinajstić information content (AvgIpc) is 2.43. The molecule has 0 bridgehead atoms. The lowest BCUT2D eigenvalue weighted by molar-refractivity contribution is -0.151. The second-order valence-corrected chi connectivity index (χ2v) is 7.63. The molecule has 1 aromatic rings. The Morgan fingerprint density at radius 3 is 2.38 bits per heavy atom. The third-order valence-corrected chi connectivity index (χ3v) is 5.29. The summed E-state index contributed by atoms with van der Waals surface area (Å²) in [7, 11) is -3.56. The highest BCUT2D eigenvalue weighted by Gasteiger charge is 2.38. The monoisotopic (exact) mass is 311 g/mol. The van der Waals surface area contributed by atoms with Crippen LogP contribution in [0.25, 0.3) is 0 Å². The number of carboxylic acids is 1. The van der Waals surface area contributed by atoms with E-state index < -0.39 is 33.0 Å². The zero-order valence-electron chi connectivity index (χ0n) is 11.8. The van der Waals surface area contributed by atoms with Crippen LogP contribution in [0.3, 0.4) is 0 Å². The van der Waals surface area contributed by atoms with Gasteiger partial charge < -0.3 is 10.0 Å². The second kappa shape index (κ2) is 5.48. The van der Waals surface area contributed by atoms with Gasteiger partial charge in [0.25, 0.3) is 0 Å². The molecule has 1 N–H and O–H groups in total. The standard InChI is InChI=1S/C14H17NO5S/c1-9(21(2,19)20)13(16)15-8-11-6-4-3-5-10(11)7-12(15)14(17)18/h3-6,9,12H,7-8H2,1-2H3,(H,17,18)/t9?,12-/m0/s1. The van der Waals surface area contributed by atoms with E-state index >= 15 is 0 Å². The van der Waals surface area contributed by atoms with E-state index in [1.165, 1.54) is 6.92 Å². The molecule has 6 nitrogen and oxygen atoms in total. The maximum absolute atomic E-state index is 12.4. The SMILES string of the molecule is CC(C(=O)N1Cc2ccccc2C[C@H]1C(=O)O)S(C)(=O)=O. The third-order valence-electron chi connectivity index (χ3n) is 3.81. The molecule has 1 amide bonds. The fourth-order valence-electron chi connectivity index (χ4n) is 2.39. The van der Waals surface area contributed by atoms with Gasteiger partial charge in [0.1, 0.15) is 11.3 Å². The molecule has 1 aromatic carbocycles. The van der Waals surface area contributed by atoms with Gasteiger partial charge in [0.15, 0.2) is 9.84 Å². The number of carbonyl (C=O) groups is 2. The highest BCUT2D eigenvalue weighted by atomic mass is 32.2. The number of rotatable bonds is 3. The molecule has 0 spiro atoms.